The van der Waals surface area contributed by atoms with Gasteiger partial charge in [-0.1, -0.05) is 6.92 Å². The van der Waals surface area contributed by atoms with Crippen molar-refractivity contribution >= 4 is 0 Å². The van der Waals surface area contributed by atoms with Gasteiger partial charge in [-0.05, 0) is 25.4 Å². The van der Waals surface area contributed by atoms with E-state index in [0.29, 0.717) is 6.42 Å². The van der Waals surface area contributed by atoms with E-state index < -0.39 is 11.3 Å². The van der Waals surface area contributed by atoms with Crippen LogP contribution in [0.3, 0.4) is 0 Å². The lowest BCUT2D eigenvalue weighted by Gasteiger charge is -2.29. The zero-order valence-corrected chi connectivity index (χ0v) is 6.66. The highest BCUT2D eigenvalue weighted by atomic mass is 19.3. The van der Waals surface area contributed by atoms with Gasteiger partial charge in [0.25, 0.3) is 5.92 Å². The Bertz CT molecular complexity index is 181. The van der Waals surface area contributed by atoms with Gasteiger partial charge in [0.05, 0.1) is 0 Å². The van der Waals surface area contributed by atoms with Crippen molar-refractivity contribution in [3.8, 4) is 0 Å². The van der Waals surface area contributed by atoms with Crippen LogP contribution in [-0.2, 0) is 0 Å². The van der Waals surface area contributed by atoms with E-state index in [1.165, 1.54) is 0 Å². The number of rotatable bonds is 0. The van der Waals surface area contributed by atoms with E-state index in [2.05, 4.69) is 5.32 Å². The van der Waals surface area contributed by atoms with E-state index in [4.69, 9.17) is 0 Å². The van der Waals surface area contributed by atoms with Gasteiger partial charge in [-0.15, -0.1) is 0 Å². The molecule has 1 nitrogen and oxygen atoms in total. The van der Waals surface area contributed by atoms with Crippen molar-refractivity contribution in [3.05, 3.63) is 0 Å². The highest BCUT2D eigenvalue weighted by Crippen LogP contribution is 2.67. The quantitative estimate of drug-likeness (QED) is 0.569. The Morgan fingerprint density at radius 3 is 2.45 bits per heavy atom. The summed E-state index contributed by atoms with van der Waals surface area (Å²) in [5.74, 6) is -2.21. The Hall–Kier alpha value is -0.180. The third-order valence-corrected chi connectivity index (χ3v) is 3.28. The van der Waals surface area contributed by atoms with Crippen molar-refractivity contribution in [3.63, 3.8) is 0 Å². The van der Waals surface area contributed by atoms with Crippen LogP contribution >= 0.6 is 0 Å². The second-order valence-corrected chi connectivity index (χ2v) is 3.89. The molecule has 0 radical (unpaired) electrons. The van der Waals surface area contributed by atoms with Gasteiger partial charge in [0.15, 0.2) is 0 Å². The minimum absolute atomic E-state index is 0.128. The first-order valence-corrected chi connectivity index (χ1v) is 4.17. The molecule has 1 saturated carbocycles. The van der Waals surface area contributed by atoms with Crippen LogP contribution in [0.1, 0.15) is 19.8 Å². The summed E-state index contributed by atoms with van der Waals surface area (Å²) in [6, 6.07) is 0. The van der Waals surface area contributed by atoms with Gasteiger partial charge in [0.2, 0.25) is 0 Å². The molecule has 2 rings (SSSR count). The van der Waals surface area contributed by atoms with Crippen molar-refractivity contribution in [2.75, 3.05) is 13.1 Å². The molecule has 1 aliphatic carbocycles. The molecule has 2 atom stereocenters. The van der Waals surface area contributed by atoms with Gasteiger partial charge < -0.3 is 5.32 Å². The standard InChI is InChI=1S/C8H13F2N/c1-6-4-11-3-2-7(6)5-8(7,9)10/h6,11H,2-5H2,1H3. The summed E-state index contributed by atoms with van der Waals surface area (Å²) in [6.45, 7) is 3.45. The molecule has 0 aromatic heterocycles. The van der Waals surface area contributed by atoms with E-state index in [1.54, 1.807) is 0 Å². The van der Waals surface area contributed by atoms with Gasteiger partial charge in [0.1, 0.15) is 0 Å². The molecule has 1 heterocycles. The molecule has 0 bridgehead atoms. The van der Waals surface area contributed by atoms with Gasteiger partial charge in [-0.2, -0.15) is 0 Å². The predicted molar refractivity (Wildman–Crippen MR) is 38.6 cm³/mol. The average Bonchev–Trinajstić information content (AvgIpc) is 2.45. The normalized spacial score (nSPS) is 47.7. The summed E-state index contributed by atoms with van der Waals surface area (Å²) < 4.78 is 25.8. The molecular formula is C8H13F2N. The fraction of sp³-hybridized carbons (Fsp3) is 1.00. The Morgan fingerprint density at radius 1 is 1.45 bits per heavy atom. The van der Waals surface area contributed by atoms with Crippen molar-refractivity contribution in [1.82, 2.24) is 5.32 Å². The van der Waals surface area contributed by atoms with Gasteiger partial charge in [-0.3, -0.25) is 0 Å². The highest BCUT2D eigenvalue weighted by Gasteiger charge is 2.72. The lowest BCUT2D eigenvalue weighted by atomic mass is 9.84. The number of alkyl halides is 2. The summed E-state index contributed by atoms with van der Waals surface area (Å²) in [5.41, 5.74) is -0.613. The summed E-state index contributed by atoms with van der Waals surface area (Å²) in [6.07, 6.45) is 0.782. The van der Waals surface area contributed by atoms with Crippen molar-refractivity contribution in [1.29, 1.82) is 0 Å². The molecule has 0 aromatic rings. The number of halogens is 2. The topological polar surface area (TPSA) is 12.0 Å². The van der Waals surface area contributed by atoms with Crippen LogP contribution in [0.25, 0.3) is 0 Å². The van der Waals surface area contributed by atoms with Crippen molar-refractivity contribution in [2.45, 2.75) is 25.7 Å². The number of hydrogen-bond acceptors (Lipinski definition) is 1. The zero-order chi connectivity index (χ0) is 8.11. The third-order valence-electron chi connectivity index (χ3n) is 3.28. The molecule has 3 heteroatoms. The number of piperidine rings is 1. The number of hydrogen-bond donors (Lipinski definition) is 1. The molecule has 1 aliphatic heterocycles. The van der Waals surface area contributed by atoms with Gasteiger partial charge in [0, 0.05) is 11.8 Å². The maximum absolute atomic E-state index is 12.9. The molecule has 2 aliphatic rings. The first-order chi connectivity index (χ1) is 5.08. The predicted octanol–water partition coefficient (Wildman–Crippen LogP) is 1.64. The lowest BCUT2D eigenvalue weighted by Crippen LogP contribution is -2.39. The molecule has 1 N–H and O–H groups in total. The smallest absolute Gasteiger partial charge is 0.255 e. The molecule has 11 heavy (non-hydrogen) atoms. The highest BCUT2D eigenvalue weighted by molar-refractivity contribution is 5.14. The Morgan fingerprint density at radius 2 is 2.09 bits per heavy atom. The third kappa shape index (κ3) is 0.835. The van der Waals surface area contributed by atoms with Crippen molar-refractivity contribution < 1.29 is 8.78 Å². The number of nitrogens with one attached hydrogen (secondary N) is 1. The first-order valence-electron chi connectivity index (χ1n) is 4.17. The SMILES string of the molecule is CC1CNCCC12CC2(F)F. The fourth-order valence-corrected chi connectivity index (χ4v) is 2.23. The Balaban J connectivity index is 2.13. The largest absolute Gasteiger partial charge is 0.316 e. The van der Waals surface area contributed by atoms with Crippen LogP contribution in [0, 0.1) is 11.3 Å². The minimum Gasteiger partial charge on any atom is -0.316 e. The van der Waals surface area contributed by atoms with Gasteiger partial charge in [-0.25, -0.2) is 8.78 Å². The van der Waals surface area contributed by atoms with Crippen LogP contribution in [0.15, 0.2) is 0 Å². The summed E-state index contributed by atoms with van der Waals surface area (Å²) in [7, 11) is 0. The monoisotopic (exact) mass is 161 g/mol. The zero-order valence-electron chi connectivity index (χ0n) is 6.66. The van der Waals surface area contributed by atoms with Crippen LogP contribution in [0.5, 0.6) is 0 Å². The minimum atomic E-state index is -2.35. The average molecular weight is 161 g/mol. The lowest BCUT2D eigenvalue weighted by molar-refractivity contribution is 0.0285. The molecule has 64 valence electrons. The van der Waals surface area contributed by atoms with E-state index in [-0.39, 0.29) is 12.3 Å². The molecule has 1 saturated heterocycles. The molecule has 0 amide bonds. The molecule has 2 unspecified atom stereocenters. The second-order valence-electron chi connectivity index (χ2n) is 3.89. The van der Waals surface area contributed by atoms with Crippen LogP contribution in [0.2, 0.25) is 0 Å². The van der Waals surface area contributed by atoms with E-state index in [9.17, 15) is 8.78 Å². The summed E-state index contributed by atoms with van der Waals surface area (Å²) >= 11 is 0. The Kier molecular flexibility index (Phi) is 1.32. The van der Waals surface area contributed by atoms with Gasteiger partial charge >= 0.3 is 0 Å². The molecule has 0 aromatic carbocycles. The van der Waals surface area contributed by atoms with E-state index >= 15 is 0 Å². The fourth-order valence-electron chi connectivity index (χ4n) is 2.23. The van der Waals surface area contributed by atoms with Crippen LogP contribution in [0.4, 0.5) is 8.78 Å². The summed E-state index contributed by atoms with van der Waals surface area (Å²) in [4.78, 5) is 0. The van der Waals surface area contributed by atoms with E-state index in [0.717, 1.165) is 13.1 Å². The van der Waals surface area contributed by atoms with Crippen LogP contribution < -0.4 is 5.32 Å². The molecule has 1 spiro atoms. The van der Waals surface area contributed by atoms with Crippen molar-refractivity contribution in [2.24, 2.45) is 11.3 Å². The first kappa shape index (κ1) is 7.47. The maximum Gasteiger partial charge on any atom is 0.255 e. The van der Waals surface area contributed by atoms with E-state index in [1.807, 2.05) is 6.92 Å². The molecule has 2 fully saturated rings. The molecular weight excluding hydrogens is 148 g/mol. The second kappa shape index (κ2) is 1.94. The summed E-state index contributed by atoms with van der Waals surface area (Å²) in [5, 5.41) is 3.13. The van der Waals surface area contributed by atoms with Crippen LogP contribution in [-0.4, -0.2) is 19.0 Å². The Labute approximate surface area is 65.2 Å². The maximum atomic E-state index is 12.9.